The standard InChI is InChI=1S/C48H50N2O4/c1-10-11-12-13-22-49-35-21-20-26(44(53)54)23-32(35)48(8,9)43(49)37-41(51)36(42(37)52)27-24-33-40-34(25-27)47(6,7)31-19-15-17-29-39(31)50(40)38-28(45(29,2)3)16-14-18-30(38)46(33,4)5/h14-21,23-25,37H,10-13,22H2,1-9H3,(H-,51,52,53,54)/p+1. The van der Waals surface area contributed by atoms with Crippen LogP contribution in [0.2, 0.25) is 0 Å². The molecule has 1 aliphatic carbocycles. The number of carbonyl (C=O) groups excluding carboxylic acids is 1. The van der Waals surface area contributed by atoms with Gasteiger partial charge in [-0.3, -0.25) is 4.79 Å². The number of ketones is 1. The number of carboxylic acids is 1. The molecule has 1 unspecified atom stereocenters. The second-order valence-corrected chi connectivity index (χ2v) is 18.4. The Kier molecular flexibility index (Phi) is 7.12. The van der Waals surface area contributed by atoms with Crippen molar-refractivity contribution in [3.8, 4) is 0 Å². The molecule has 6 heteroatoms. The third-order valence-corrected chi connectivity index (χ3v) is 13.9. The normalized spacial score (nSPS) is 21.2. The number of rotatable bonds is 8. The summed E-state index contributed by atoms with van der Waals surface area (Å²) >= 11 is 0. The quantitative estimate of drug-likeness (QED) is 0.140. The van der Waals surface area contributed by atoms with Crippen molar-refractivity contribution in [2.45, 2.75) is 110 Å². The molecule has 0 fully saturated rings. The Bertz CT molecular complexity index is 2370. The van der Waals surface area contributed by atoms with Crippen LogP contribution in [0.15, 0.2) is 72.5 Å². The lowest BCUT2D eigenvalue weighted by Gasteiger charge is -2.55. The van der Waals surface area contributed by atoms with E-state index < -0.39 is 17.3 Å². The van der Waals surface area contributed by atoms with Gasteiger partial charge in [-0.15, -0.1) is 0 Å². The Morgan fingerprint density at radius 2 is 1.20 bits per heavy atom. The highest BCUT2D eigenvalue weighted by Gasteiger charge is 2.58. The lowest BCUT2D eigenvalue weighted by Crippen LogP contribution is -2.46. The third-order valence-electron chi connectivity index (χ3n) is 13.9. The maximum atomic E-state index is 14.8. The molecule has 4 heterocycles. The number of unbranched alkanes of at least 4 members (excludes halogenated alkanes) is 3. The number of nitrogens with zero attached hydrogens (tertiary/aromatic N) is 2. The number of anilines is 3. The molecular weight excluding hydrogens is 669 g/mol. The second kappa shape index (κ2) is 11.1. The molecule has 0 spiro atoms. The van der Waals surface area contributed by atoms with Gasteiger partial charge in [0.05, 0.1) is 33.6 Å². The summed E-state index contributed by atoms with van der Waals surface area (Å²) in [4.78, 5) is 29.4. The molecule has 0 aromatic heterocycles. The molecule has 6 nitrogen and oxygen atoms in total. The van der Waals surface area contributed by atoms with Crippen molar-refractivity contribution in [2.24, 2.45) is 5.92 Å². The first-order valence-electron chi connectivity index (χ1n) is 19.7. The number of aliphatic hydroxyl groups excluding tert-OH is 1. The average molecular weight is 720 g/mol. The van der Waals surface area contributed by atoms with Crippen LogP contribution in [0, 0.1) is 5.92 Å². The van der Waals surface area contributed by atoms with Gasteiger partial charge in [0.25, 0.3) is 0 Å². The van der Waals surface area contributed by atoms with Crippen molar-refractivity contribution in [2.75, 3.05) is 11.4 Å². The number of Topliss-reactive ketones (excluding diaryl/α,β-unsaturated/α-hetero) is 1. The lowest BCUT2D eigenvalue weighted by atomic mass is 9.60. The van der Waals surface area contributed by atoms with E-state index in [0.717, 1.165) is 59.3 Å². The Morgan fingerprint density at radius 1 is 0.685 bits per heavy atom. The molecule has 4 aromatic rings. The van der Waals surface area contributed by atoms with Crippen LogP contribution in [0.4, 0.5) is 22.7 Å². The molecule has 4 aromatic carbocycles. The zero-order valence-corrected chi connectivity index (χ0v) is 33.1. The molecule has 4 aliphatic heterocycles. The van der Waals surface area contributed by atoms with Gasteiger partial charge in [0.2, 0.25) is 5.69 Å². The van der Waals surface area contributed by atoms with Crippen molar-refractivity contribution in [1.82, 2.24) is 0 Å². The van der Waals surface area contributed by atoms with Gasteiger partial charge in [-0.2, -0.15) is 4.58 Å². The molecule has 276 valence electrons. The van der Waals surface area contributed by atoms with Crippen LogP contribution in [0.3, 0.4) is 0 Å². The molecule has 0 bridgehead atoms. The number of aliphatic hydroxyl groups is 1. The van der Waals surface area contributed by atoms with Crippen LogP contribution in [-0.4, -0.2) is 38.8 Å². The van der Waals surface area contributed by atoms with E-state index >= 15 is 0 Å². The minimum absolute atomic E-state index is 0.0835. The summed E-state index contributed by atoms with van der Waals surface area (Å²) in [6.07, 6.45) is 4.22. The van der Waals surface area contributed by atoms with E-state index in [1.807, 2.05) is 6.07 Å². The van der Waals surface area contributed by atoms with Crippen LogP contribution in [0.1, 0.15) is 143 Å². The van der Waals surface area contributed by atoms with E-state index in [1.165, 1.54) is 39.3 Å². The largest absolute Gasteiger partial charge is 0.510 e. The summed E-state index contributed by atoms with van der Waals surface area (Å²) in [6, 6.07) is 23.1. The van der Waals surface area contributed by atoms with Gasteiger partial charge >= 0.3 is 5.97 Å². The maximum Gasteiger partial charge on any atom is 0.335 e. The first-order valence-corrected chi connectivity index (χ1v) is 19.7. The van der Waals surface area contributed by atoms with Gasteiger partial charge in [0.15, 0.2) is 17.4 Å². The van der Waals surface area contributed by atoms with Crippen molar-refractivity contribution >= 4 is 45.8 Å². The maximum absolute atomic E-state index is 14.8. The summed E-state index contributed by atoms with van der Waals surface area (Å²) in [5.41, 5.74) is 13.7. The van der Waals surface area contributed by atoms with Gasteiger partial charge in [0.1, 0.15) is 12.3 Å². The molecule has 0 saturated carbocycles. The van der Waals surface area contributed by atoms with Crippen LogP contribution < -0.4 is 4.90 Å². The molecule has 1 atom stereocenters. The van der Waals surface area contributed by atoms with Crippen LogP contribution in [-0.2, 0) is 26.5 Å². The Labute approximate surface area is 318 Å². The van der Waals surface area contributed by atoms with Gasteiger partial charge in [-0.25, -0.2) is 4.79 Å². The summed E-state index contributed by atoms with van der Waals surface area (Å²) in [5.74, 6) is -1.76. The highest BCUT2D eigenvalue weighted by Crippen LogP contribution is 2.66. The van der Waals surface area contributed by atoms with E-state index in [0.29, 0.717) is 12.1 Å². The number of carbonyl (C=O) groups is 2. The monoisotopic (exact) mass is 719 g/mol. The fraction of sp³-hybridized carbons (Fsp3) is 0.396. The number of carboxylic acid groups (broad SMARTS) is 1. The number of allylic oxidation sites excluding steroid dienone is 2. The van der Waals surface area contributed by atoms with E-state index in [4.69, 9.17) is 0 Å². The van der Waals surface area contributed by atoms with E-state index in [1.54, 1.807) is 12.1 Å². The van der Waals surface area contributed by atoms with E-state index in [-0.39, 0.29) is 33.4 Å². The van der Waals surface area contributed by atoms with Gasteiger partial charge in [-0.05, 0) is 83.5 Å². The number of fused-ring (bicyclic) bond motifs is 1. The molecule has 9 rings (SSSR count). The van der Waals surface area contributed by atoms with Gasteiger partial charge in [-0.1, -0.05) is 97.7 Å². The number of aromatic carboxylic acids is 1. The van der Waals surface area contributed by atoms with Crippen molar-refractivity contribution in [3.63, 3.8) is 0 Å². The van der Waals surface area contributed by atoms with Gasteiger partial charge in [0, 0.05) is 34.3 Å². The first kappa shape index (κ1) is 34.8. The van der Waals surface area contributed by atoms with E-state index in [9.17, 15) is 19.8 Å². The van der Waals surface area contributed by atoms with Crippen molar-refractivity contribution in [1.29, 1.82) is 0 Å². The molecule has 0 radical (unpaired) electrons. The third kappa shape index (κ3) is 4.20. The number of para-hydroxylation sites is 2. The van der Waals surface area contributed by atoms with Crippen molar-refractivity contribution in [3.05, 3.63) is 123 Å². The number of hydrogen-bond donors (Lipinski definition) is 2. The minimum atomic E-state index is -0.977. The van der Waals surface area contributed by atoms with Crippen LogP contribution in [0.25, 0.3) is 5.57 Å². The first-order chi connectivity index (χ1) is 25.5. The molecular formula is C48H51N2O4+. The lowest BCUT2D eigenvalue weighted by molar-refractivity contribution is -0.441. The Balaban J connectivity index is 1.23. The summed E-state index contributed by atoms with van der Waals surface area (Å²) in [7, 11) is 0. The predicted octanol–water partition coefficient (Wildman–Crippen LogP) is 10.9. The second-order valence-electron chi connectivity index (χ2n) is 18.4. The molecule has 54 heavy (non-hydrogen) atoms. The molecule has 0 saturated heterocycles. The SMILES string of the molecule is CCCCCC[N+]1=C(C2C(=O)C(c3cc4c5c(c3)C(C)(C)c3cccc6c3N5c3c(cccc3C4(C)C)C6(C)C)=C2O)C(C)(C)c2cc(C(=O)O)ccc21. The van der Waals surface area contributed by atoms with Gasteiger partial charge < -0.3 is 15.1 Å². The van der Waals surface area contributed by atoms with E-state index in [2.05, 4.69) is 120 Å². The fourth-order valence-electron chi connectivity index (χ4n) is 10.8. The highest BCUT2D eigenvalue weighted by atomic mass is 16.4. The summed E-state index contributed by atoms with van der Waals surface area (Å²) in [6.45, 7) is 20.9. The summed E-state index contributed by atoms with van der Waals surface area (Å²) < 4.78 is 2.20. The highest BCUT2D eigenvalue weighted by molar-refractivity contribution is 6.37. The Morgan fingerprint density at radius 3 is 1.70 bits per heavy atom. The zero-order valence-electron chi connectivity index (χ0n) is 33.1. The topological polar surface area (TPSA) is 80.8 Å². The minimum Gasteiger partial charge on any atom is -0.510 e. The van der Waals surface area contributed by atoms with Crippen LogP contribution >= 0.6 is 0 Å². The molecule has 0 amide bonds. The zero-order chi connectivity index (χ0) is 38.4. The molecule has 5 aliphatic rings. The molecule has 2 N–H and O–H groups in total. The number of benzene rings is 4. The smallest absolute Gasteiger partial charge is 0.335 e. The predicted molar refractivity (Wildman–Crippen MR) is 216 cm³/mol. The van der Waals surface area contributed by atoms with Crippen LogP contribution in [0.5, 0.6) is 0 Å². The Hall–Kier alpha value is -4.97. The number of hydrogen-bond acceptors (Lipinski definition) is 4. The van der Waals surface area contributed by atoms with Crippen molar-refractivity contribution < 1.29 is 24.4 Å². The fourth-order valence-corrected chi connectivity index (χ4v) is 10.8. The average Bonchev–Trinajstić information content (AvgIpc) is 3.33. The summed E-state index contributed by atoms with van der Waals surface area (Å²) in [5, 5.41) is 22.1.